The highest BCUT2D eigenvalue weighted by Crippen LogP contribution is 2.29. The molecule has 3 heterocycles. The number of nitrogens with zero attached hydrogens (tertiary/aromatic N) is 4. The highest BCUT2D eigenvalue weighted by Gasteiger charge is 2.20. The normalized spacial score (nSPS) is 14.0. The summed E-state index contributed by atoms with van der Waals surface area (Å²) < 4.78 is 2.07. The molecule has 7 nitrogen and oxygen atoms in total. The molecule has 29 heavy (non-hydrogen) atoms. The van der Waals surface area contributed by atoms with Crippen molar-refractivity contribution < 1.29 is 4.79 Å². The van der Waals surface area contributed by atoms with Crippen LogP contribution in [0.15, 0.2) is 28.2 Å². The molecule has 1 fully saturated rings. The smallest absolute Gasteiger partial charge is 0.273 e. The number of aryl methyl sites for hydroxylation is 2. The van der Waals surface area contributed by atoms with E-state index < -0.39 is 0 Å². The maximum Gasteiger partial charge on any atom is 0.273 e. The molecule has 1 N–H and O–H groups in total. The number of carbonyl (C=O) groups is 1. The van der Waals surface area contributed by atoms with Crippen LogP contribution in [-0.2, 0) is 11.8 Å². The van der Waals surface area contributed by atoms with Crippen molar-refractivity contribution >= 4 is 50.2 Å². The van der Waals surface area contributed by atoms with E-state index in [0.717, 1.165) is 47.9 Å². The van der Waals surface area contributed by atoms with Gasteiger partial charge in [-0.1, -0.05) is 40.8 Å². The average Bonchev–Trinajstić information content (AvgIpc) is 3.35. The molecule has 9 heteroatoms. The van der Waals surface area contributed by atoms with Gasteiger partial charge in [-0.2, -0.15) is 4.98 Å². The van der Waals surface area contributed by atoms with E-state index in [1.807, 2.05) is 32.0 Å². The Morgan fingerprint density at radius 3 is 2.72 bits per heavy atom. The number of anilines is 2. The summed E-state index contributed by atoms with van der Waals surface area (Å²) in [6.07, 6.45) is 2.30. The molecule has 3 aromatic rings. The van der Waals surface area contributed by atoms with E-state index in [0.29, 0.717) is 15.5 Å². The van der Waals surface area contributed by atoms with Gasteiger partial charge in [0, 0.05) is 25.8 Å². The number of thioether (sulfide) groups is 1. The minimum absolute atomic E-state index is 0.116. The number of carbonyl (C=O) groups excluding carboxylic acids is 1. The first-order chi connectivity index (χ1) is 13.9. The minimum atomic E-state index is -0.132. The molecule has 0 unspecified atom stereocenters. The van der Waals surface area contributed by atoms with Gasteiger partial charge in [0.25, 0.3) is 5.56 Å². The summed E-state index contributed by atoms with van der Waals surface area (Å²) in [5.74, 6) is 0.0368. The fourth-order valence-corrected chi connectivity index (χ4v) is 5.16. The molecule has 0 atom stereocenters. The lowest BCUT2D eigenvalue weighted by atomic mass is 10.1. The molecular weight excluding hydrogens is 406 g/mol. The van der Waals surface area contributed by atoms with E-state index >= 15 is 0 Å². The molecule has 1 aromatic carbocycles. The zero-order valence-electron chi connectivity index (χ0n) is 16.7. The van der Waals surface area contributed by atoms with Gasteiger partial charge in [-0.15, -0.1) is 0 Å². The summed E-state index contributed by atoms with van der Waals surface area (Å²) in [7, 11) is 1.69. The summed E-state index contributed by atoms with van der Waals surface area (Å²) in [6.45, 7) is 5.93. The Kier molecular flexibility index (Phi) is 5.60. The van der Waals surface area contributed by atoms with Crippen molar-refractivity contribution in [1.82, 2.24) is 14.5 Å². The van der Waals surface area contributed by atoms with Crippen LogP contribution in [0.5, 0.6) is 0 Å². The second-order valence-corrected chi connectivity index (χ2v) is 9.18. The van der Waals surface area contributed by atoms with Crippen LogP contribution in [0.4, 0.5) is 10.8 Å². The van der Waals surface area contributed by atoms with E-state index in [1.54, 1.807) is 7.05 Å². The van der Waals surface area contributed by atoms with Gasteiger partial charge in [0.1, 0.15) is 4.70 Å². The van der Waals surface area contributed by atoms with Crippen molar-refractivity contribution in [3.8, 4) is 0 Å². The number of fused-ring (bicyclic) bond motifs is 1. The van der Waals surface area contributed by atoms with Crippen LogP contribution in [-0.4, -0.2) is 39.3 Å². The van der Waals surface area contributed by atoms with Crippen molar-refractivity contribution in [3.63, 3.8) is 0 Å². The predicted octanol–water partition coefficient (Wildman–Crippen LogP) is 3.34. The van der Waals surface area contributed by atoms with Crippen LogP contribution < -0.4 is 15.8 Å². The molecule has 0 spiro atoms. The predicted molar refractivity (Wildman–Crippen MR) is 119 cm³/mol. The summed E-state index contributed by atoms with van der Waals surface area (Å²) in [5.41, 5.74) is 3.33. The topological polar surface area (TPSA) is 80.1 Å². The number of hydrogen-bond acceptors (Lipinski definition) is 7. The number of thiazole rings is 1. The first-order valence-electron chi connectivity index (χ1n) is 9.55. The molecule has 0 bridgehead atoms. The summed E-state index contributed by atoms with van der Waals surface area (Å²) in [5, 5.41) is 4.28. The van der Waals surface area contributed by atoms with Gasteiger partial charge < -0.3 is 10.2 Å². The number of amides is 1. The maximum atomic E-state index is 12.8. The molecule has 152 valence electrons. The van der Waals surface area contributed by atoms with E-state index in [9.17, 15) is 9.59 Å². The molecule has 0 radical (unpaired) electrons. The Hall–Kier alpha value is -2.39. The lowest BCUT2D eigenvalue weighted by molar-refractivity contribution is -0.113. The quantitative estimate of drug-likeness (QED) is 0.495. The van der Waals surface area contributed by atoms with Gasteiger partial charge in [-0.3, -0.25) is 14.2 Å². The Bertz CT molecular complexity index is 1130. The maximum absolute atomic E-state index is 12.8. The van der Waals surface area contributed by atoms with E-state index in [4.69, 9.17) is 0 Å². The largest absolute Gasteiger partial charge is 0.348 e. The van der Waals surface area contributed by atoms with Crippen LogP contribution in [0.1, 0.15) is 24.0 Å². The molecule has 2 aromatic heterocycles. The monoisotopic (exact) mass is 429 g/mol. The molecule has 0 aliphatic carbocycles. The van der Waals surface area contributed by atoms with E-state index in [2.05, 4.69) is 20.2 Å². The first-order valence-corrected chi connectivity index (χ1v) is 11.3. The average molecular weight is 430 g/mol. The van der Waals surface area contributed by atoms with Crippen molar-refractivity contribution in [1.29, 1.82) is 0 Å². The lowest BCUT2D eigenvalue weighted by Crippen LogP contribution is -2.21. The van der Waals surface area contributed by atoms with Gasteiger partial charge in [-0.25, -0.2) is 4.98 Å². The van der Waals surface area contributed by atoms with Crippen molar-refractivity contribution in [2.45, 2.75) is 31.8 Å². The Balaban J connectivity index is 1.50. The number of nitrogens with one attached hydrogen (secondary N) is 1. The summed E-state index contributed by atoms with van der Waals surface area (Å²) in [4.78, 5) is 36.5. The number of benzene rings is 1. The van der Waals surface area contributed by atoms with Crippen LogP contribution in [0.2, 0.25) is 0 Å². The zero-order valence-corrected chi connectivity index (χ0v) is 18.3. The number of rotatable bonds is 5. The molecule has 1 saturated heterocycles. The van der Waals surface area contributed by atoms with Crippen LogP contribution in [0.25, 0.3) is 10.3 Å². The third kappa shape index (κ3) is 4.16. The summed E-state index contributed by atoms with van der Waals surface area (Å²) >= 11 is 2.65. The molecule has 0 saturated carbocycles. The molecule has 4 rings (SSSR count). The fraction of sp³-hybridized carbons (Fsp3) is 0.400. The van der Waals surface area contributed by atoms with Gasteiger partial charge in [-0.05, 0) is 38.3 Å². The SMILES string of the molecule is Cc1ccc(NC(=O)CSc2nc3nc(N4CCCC4)sc3c(=O)n2C)c(C)c1. The Morgan fingerprint density at radius 1 is 1.24 bits per heavy atom. The van der Waals surface area contributed by atoms with Crippen molar-refractivity contribution in [2.24, 2.45) is 7.05 Å². The molecular formula is C20H23N5O2S2. The summed E-state index contributed by atoms with van der Waals surface area (Å²) in [6, 6.07) is 5.90. The van der Waals surface area contributed by atoms with Crippen molar-refractivity contribution in [3.05, 3.63) is 39.7 Å². The van der Waals surface area contributed by atoms with Crippen LogP contribution >= 0.6 is 23.1 Å². The Morgan fingerprint density at radius 2 is 2.00 bits per heavy atom. The van der Waals surface area contributed by atoms with Gasteiger partial charge >= 0.3 is 0 Å². The highest BCUT2D eigenvalue weighted by atomic mass is 32.2. The lowest BCUT2D eigenvalue weighted by Gasteiger charge is -2.11. The number of hydrogen-bond donors (Lipinski definition) is 1. The van der Waals surface area contributed by atoms with Gasteiger partial charge in [0.2, 0.25) is 5.91 Å². The van der Waals surface area contributed by atoms with E-state index in [-0.39, 0.29) is 17.2 Å². The van der Waals surface area contributed by atoms with Gasteiger partial charge in [0.05, 0.1) is 5.75 Å². The van der Waals surface area contributed by atoms with Crippen LogP contribution in [0.3, 0.4) is 0 Å². The van der Waals surface area contributed by atoms with Crippen LogP contribution in [0, 0.1) is 13.8 Å². The minimum Gasteiger partial charge on any atom is -0.348 e. The molecule has 1 aliphatic rings. The third-order valence-corrected chi connectivity index (χ3v) is 7.07. The first kappa shape index (κ1) is 19.9. The van der Waals surface area contributed by atoms with Gasteiger partial charge in [0.15, 0.2) is 15.9 Å². The molecule has 1 aliphatic heterocycles. The standard InChI is InChI=1S/C20H23N5O2S2/c1-12-6-7-14(13(2)10-12)21-15(26)11-28-19-22-17-16(18(27)24(19)3)29-20(23-17)25-8-4-5-9-25/h6-7,10H,4-5,8-9,11H2,1-3H3,(H,21,26). The second kappa shape index (κ2) is 8.16. The van der Waals surface area contributed by atoms with E-state index in [1.165, 1.54) is 27.7 Å². The highest BCUT2D eigenvalue weighted by molar-refractivity contribution is 7.99. The second-order valence-electron chi connectivity index (χ2n) is 7.26. The third-order valence-electron chi connectivity index (χ3n) is 4.95. The fourth-order valence-electron chi connectivity index (χ4n) is 3.36. The number of aromatic nitrogens is 3. The molecule has 1 amide bonds. The van der Waals surface area contributed by atoms with Crippen molar-refractivity contribution in [2.75, 3.05) is 29.1 Å². The zero-order chi connectivity index (χ0) is 20.5. The Labute approximate surface area is 177 Å².